The maximum atomic E-state index is 15.0. The van der Waals surface area contributed by atoms with Gasteiger partial charge in [0.15, 0.2) is 29.6 Å². The van der Waals surface area contributed by atoms with E-state index < -0.39 is 40.2 Å². The van der Waals surface area contributed by atoms with Crippen LogP contribution in [0.2, 0.25) is 0 Å². The van der Waals surface area contributed by atoms with Gasteiger partial charge in [-0.2, -0.15) is 0 Å². The molecule has 3 aromatic carbocycles. The number of rotatable bonds is 6. The van der Waals surface area contributed by atoms with Gasteiger partial charge < -0.3 is 9.47 Å². The highest BCUT2D eigenvalue weighted by Crippen LogP contribution is 2.37. The highest BCUT2D eigenvalue weighted by atomic mass is 19.2. The molecule has 0 radical (unpaired) electrons. The number of hydrogen-bond donors (Lipinski definition) is 0. The van der Waals surface area contributed by atoms with Gasteiger partial charge in [-0.15, -0.1) is 0 Å². The van der Waals surface area contributed by atoms with Crippen LogP contribution < -0.4 is 0 Å². The van der Waals surface area contributed by atoms with Crippen LogP contribution in [0.1, 0.15) is 36.8 Å². The molecule has 0 bridgehead atoms. The molecule has 1 saturated heterocycles. The summed E-state index contributed by atoms with van der Waals surface area (Å²) in [6, 6.07) is 8.85. The van der Waals surface area contributed by atoms with E-state index in [2.05, 4.69) is 6.58 Å². The molecule has 0 saturated carbocycles. The summed E-state index contributed by atoms with van der Waals surface area (Å²) in [6.07, 6.45) is 2.01. The first-order valence-corrected chi connectivity index (χ1v) is 11.0. The Labute approximate surface area is 194 Å². The lowest BCUT2D eigenvalue weighted by Crippen LogP contribution is -2.27. The largest absolute Gasteiger partial charge is 0.353 e. The average Bonchev–Trinajstić information content (AvgIpc) is 2.84. The Kier molecular flexibility index (Phi) is 7.14. The molecule has 34 heavy (non-hydrogen) atoms. The van der Waals surface area contributed by atoms with E-state index in [1.807, 2.05) is 6.92 Å². The van der Waals surface area contributed by atoms with Crippen LogP contribution >= 0.6 is 0 Å². The highest BCUT2D eigenvalue weighted by Gasteiger charge is 2.28. The van der Waals surface area contributed by atoms with Gasteiger partial charge in [0.05, 0.1) is 6.61 Å². The van der Waals surface area contributed by atoms with Gasteiger partial charge in [0.2, 0.25) is 0 Å². The molecular weight excluding hydrogens is 451 g/mol. The minimum absolute atomic E-state index is 0.107. The van der Waals surface area contributed by atoms with Crippen molar-refractivity contribution in [3.05, 3.63) is 89.3 Å². The van der Waals surface area contributed by atoms with E-state index in [0.29, 0.717) is 19.4 Å². The highest BCUT2D eigenvalue weighted by molar-refractivity contribution is 5.73. The first kappa shape index (κ1) is 24.1. The van der Waals surface area contributed by atoms with Crippen LogP contribution in [0.3, 0.4) is 0 Å². The van der Waals surface area contributed by atoms with E-state index in [0.717, 1.165) is 12.1 Å². The number of halogens is 5. The fraction of sp³-hybridized carbons (Fsp3) is 0.259. The zero-order valence-corrected chi connectivity index (χ0v) is 18.5. The third-order valence-corrected chi connectivity index (χ3v) is 6.04. The second kappa shape index (κ2) is 10.1. The van der Waals surface area contributed by atoms with Crippen LogP contribution in [0.5, 0.6) is 0 Å². The molecule has 1 aliphatic heterocycles. The molecule has 1 heterocycles. The first-order chi connectivity index (χ1) is 16.3. The minimum atomic E-state index is -1.35. The SMILES string of the molecule is C=Cc1ccc(-c2ccc(-c3ccc(C4CCC(OCC)OC4)c(F)c3F)c(F)c2F)cc1F. The van der Waals surface area contributed by atoms with E-state index in [4.69, 9.17) is 9.47 Å². The summed E-state index contributed by atoms with van der Waals surface area (Å²) in [5.41, 5.74) is -0.584. The van der Waals surface area contributed by atoms with E-state index in [-0.39, 0.29) is 41.1 Å². The van der Waals surface area contributed by atoms with Gasteiger partial charge in [0.1, 0.15) is 5.82 Å². The summed E-state index contributed by atoms with van der Waals surface area (Å²) in [7, 11) is 0. The van der Waals surface area contributed by atoms with Crippen LogP contribution in [0.25, 0.3) is 28.3 Å². The van der Waals surface area contributed by atoms with Gasteiger partial charge in [-0.05, 0) is 37.0 Å². The maximum absolute atomic E-state index is 15.0. The fourth-order valence-corrected chi connectivity index (χ4v) is 4.22. The Hall–Kier alpha value is -3.03. The van der Waals surface area contributed by atoms with Crippen molar-refractivity contribution in [2.45, 2.75) is 32.0 Å². The molecule has 0 N–H and O–H groups in total. The van der Waals surface area contributed by atoms with Gasteiger partial charge in [-0.25, -0.2) is 22.0 Å². The van der Waals surface area contributed by atoms with Crippen molar-refractivity contribution in [3.63, 3.8) is 0 Å². The van der Waals surface area contributed by atoms with Gasteiger partial charge in [0.25, 0.3) is 0 Å². The molecule has 4 rings (SSSR count). The molecule has 2 nitrogen and oxygen atoms in total. The molecule has 7 heteroatoms. The van der Waals surface area contributed by atoms with Crippen LogP contribution in [0.4, 0.5) is 22.0 Å². The van der Waals surface area contributed by atoms with E-state index in [1.165, 1.54) is 36.4 Å². The topological polar surface area (TPSA) is 18.5 Å². The molecular formula is C27H23F5O2. The predicted octanol–water partition coefficient (Wildman–Crippen LogP) is 7.62. The van der Waals surface area contributed by atoms with Crippen LogP contribution in [-0.2, 0) is 9.47 Å². The second-order valence-electron chi connectivity index (χ2n) is 8.05. The zero-order valence-electron chi connectivity index (χ0n) is 18.5. The first-order valence-electron chi connectivity index (χ1n) is 11.0. The molecule has 0 aromatic heterocycles. The Bertz CT molecular complexity index is 1220. The fourth-order valence-electron chi connectivity index (χ4n) is 4.22. The maximum Gasteiger partial charge on any atom is 0.167 e. The predicted molar refractivity (Wildman–Crippen MR) is 121 cm³/mol. The summed E-state index contributed by atoms with van der Waals surface area (Å²) >= 11 is 0. The van der Waals surface area contributed by atoms with Crippen molar-refractivity contribution in [3.8, 4) is 22.3 Å². The van der Waals surface area contributed by atoms with Crippen LogP contribution in [-0.4, -0.2) is 19.5 Å². The smallest absolute Gasteiger partial charge is 0.167 e. The van der Waals surface area contributed by atoms with Crippen LogP contribution in [0.15, 0.2) is 49.0 Å². The number of benzene rings is 3. The van der Waals surface area contributed by atoms with Gasteiger partial charge in [0, 0.05) is 34.8 Å². The lowest BCUT2D eigenvalue weighted by atomic mass is 9.90. The summed E-state index contributed by atoms with van der Waals surface area (Å²) in [4.78, 5) is 0. The van der Waals surface area contributed by atoms with Crippen molar-refractivity contribution in [2.75, 3.05) is 13.2 Å². The standard InChI is InChI=1S/C27H23F5O2/c1-3-15-5-6-16(13-22(15)28)18-8-10-20(26(31)24(18)29)21-11-9-19(25(30)27(21)32)17-7-12-23(33-4-2)34-14-17/h3,5-6,8-11,13,17,23H,1,4,7,12,14H2,2H3. The van der Waals surface area contributed by atoms with Crippen molar-refractivity contribution in [2.24, 2.45) is 0 Å². The normalized spacial score (nSPS) is 18.2. The zero-order chi connectivity index (χ0) is 24.4. The van der Waals surface area contributed by atoms with Crippen LogP contribution in [0, 0.1) is 29.1 Å². The molecule has 3 aromatic rings. The van der Waals surface area contributed by atoms with Crippen molar-refractivity contribution < 1.29 is 31.4 Å². The molecule has 2 atom stereocenters. The Morgan fingerprint density at radius 3 is 2.15 bits per heavy atom. The lowest BCUT2D eigenvalue weighted by molar-refractivity contribution is -0.164. The molecule has 2 unspecified atom stereocenters. The summed E-state index contributed by atoms with van der Waals surface area (Å²) in [5, 5.41) is 0. The number of ether oxygens (including phenoxy) is 2. The van der Waals surface area contributed by atoms with Gasteiger partial charge >= 0.3 is 0 Å². The summed E-state index contributed by atoms with van der Waals surface area (Å²) in [5.74, 6) is -6.03. The Balaban J connectivity index is 1.65. The van der Waals surface area contributed by atoms with E-state index in [1.54, 1.807) is 0 Å². The monoisotopic (exact) mass is 474 g/mol. The molecule has 1 fully saturated rings. The average molecular weight is 474 g/mol. The van der Waals surface area contributed by atoms with E-state index in [9.17, 15) is 22.0 Å². The number of hydrogen-bond acceptors (Lipinski definition) is 2. The summed E-state index contributed by atoms with van der Waals surface area (Å²) in [6.45, 7) is 5.98. The second-order valence-corrected chi connectivity index (χ2v) is 8.05. The Morgan fingerprint density at radius 1 is 0.882 bits per heavy atom. The molecule has 0 amide bonds. The Morgan fingerprint density at radius 2 is 1.53 bits per heavy atom. The molecule has 0 aliphatic carbocycles. The molecule has 0 spiro atoms. The summed E-state index contributed by atoms with van der Waals surface area (Å²) < 4.78 is 84.8. The van der Waals surface area contributed by atoms with Gasteiger partial charge in [-0.1, -0.05) is 49.1 Å². The van der Waals surface area contributed by atoms with Crippen molar-refractivity contribution in [1.82, 2.24) is 0 Å². The lowest BCUT2D eigenvalue weighted by Gasteiger charge is -2.29. The molecule has 1 aliphatic rings. The third kappa shape index (κ3) is 4.50. The quantitative estimate of drug-likeness (QED) is 0.342. The molecule has 178 valence electrons. The van der Waals surface area contributed by atoms with Crippen molar-refractivity contribution in [1.29, 1.82) is 0 Å². The minimum Gasteiger partial charge on any atom is -0.353 e. The van der Waals surface area contributed by atoms with Gasteiger partial charge in [-0.3, -0.25) is 0 Å². The van der Waals surface area contributed by atoms with Crippen molar-refractivity contribution >= 4 is 6.08 Å². The van der Waals surface area contributed by atoms with E-state index >= 15 is 0 Å². The third-order valence-electron chi connectivity index (χ3n) is 6.04.